The first-order valence-electron chi connectivity index (χ1n) is 7.83. The quantitative estimate of drug-likeness (QED) is 0.799. The Balaban J connectivity index is 2.02. The van der Waals surface area contributed by atoms with Crippen LogP contribution in [0.3, 0.4) is 0 Å². The molecule has 1 aromatic carbocycles. The zero-order valence-corrected chi connectivity index (χ0v) is 15.9. The lowest BCUT2D eigenvalue weighted by Gasteiger charge is -2.15. The van der Waals surface area contributed by atoms with Crippen molar-refractivity contribution in [2.24, 2.45) is 0 Å². The largest absolute Gasteiger partial charge is 0.493 e. The lowest BCUT2D eigenvalue weighted by atomic mass is 10.1. The Morgan fingerprint density at radius 2 is 1.92 bits per heavy atom. The highest BCUT2D eigenvalue weighted by atomic mass is 32.1. The molecule has 0 saturated carbocycles. The third-order valence-corrected chi connectivity index (χ3v) is 5.46. The maximum Gasteiger partial charge on any atom is 0.344 e. The molecule has 0 fully saturated rings. The molecule has 7 nitrogen and oxygen atoms in total. The molecular formula is C18H19NO6S. The van der Waals surface area contributed by atoms with Gasteiger partial charge in [-0.3, -0.25) is 0 Å². The third-order valence-electron chi connectivity index (χ3n) is 4.33. The number of fused-ring (bicyclic) bond motifs is 1. The van der Waals surface area contributed by atoms with Gasteiger partial charge in [0.2, 0.25) is 6.23 Å². The van der Waals surface area contributed by atoms with Crippen molar-refractivity contribution in [1.29, 1.82) is 0 Å². The second-order valence-electron chi connectivity index (χ2n) is 5.67. The predicted octanol–water partition coefficient (Wildman–Crippen LogP) is 3.45. The molecular weight excluding hydrogens is 358 g/mol. The number of hydrogen-bond donors (Lipinski definition) is 1. The molecule has 1 aliphatic rings. The summed E-state index contributed by atoms with van der Waals surface area (Å²) in [4.78, 5) is 25.5. The summed E-state index contributed by atoms with van der Waals surface area (Å²) in [5.41, 5.74) is 2.21. The van der Waals surface area contributed by atoms with E-state index >= 15 is 0 Å². The molecule has 1 aromatic heterocycles. The van der Waals surface area contributed by atoms with Crippen LogP contribution >= 0.6 is 11.3 Å². The molecule has 1 N–H and O–H groups in total. The van der Waals surface area contributed by atoms with E-state index in [2.05, 4.69) is 5.32 Å². The summed E-state index contributed by atoms with van der Waals surface area (Å²) in [6.45, 7) is 3.77. The lowest BCUT2D eigenvalue weighted by Crippen LogP contribution is -2.13. The molecule has 0 radical (unpaired) electrons. The van der Waals surface area contributed by atoms with Gasteiger partial charge in [0.05, 0.1) is 26.9 Å². The number of methoxy groups -OCH3 is 3. The van der Waals surface area contributed by atoms with Gasteiger partial charge in [0, 0.05) is 10.4 Å². The van der Waals surface area contributed by atoms with E-state index in [1.807, 2.05) is 13.8 Å². The third kappa shape index (κ3) is 2.76. The van der Waals surface area contributed by atoms with Crippen LogP contribution in [0.15, 0.2) is 12.1 Å². The minimum absolute atomic E-state index is 0.314. The number of aryl methyl sites for hydroxylation is 1. The van der Waals surface area contributed by atoms with E-state index in [9.17, 15) is 9.59 Å². The molecule has 26 heavy (non-hydrogen) atoms. The minimum atomic E-state index is -0.738. The molecule has 0 saturated heterocycles. The second kappa shape index (κ2) is 6.87. The monoisotopic (exact) mass is 377 g/mol. The molecule has 0 amide bonds. The van der Waals surface area contributed by atoms with Gasteiger partial charge in [0.1, 0.15) is 10.6 Å². The lowest BCUT2D eigenvalue weighted by molar-refractivity contribution is 0.0435. The van der Waals surface area contributed by atoms with Crippen LogP contribution in [0, 0.1) is 13.8 Å². The molecule has 1 atom stereocenters. The summed E-state index contributed by atoms with van der Waals surface area (Å²) in [5, 5.41) is 3.73. The average molecular weight is 377 g/mol. The molecule has 0 spiro atoms. The van der Waals surface area contributed by atoms with Gasteiger partial charge in [-0.2, -0.15) is 0 Å². The summed E-state index contributed by atoms with van der Waals surface area (Å²) in [6, 6.07) is 3.45. The maximum absolute atomic E-state index is 12.4. The molecule has 3 rings (SSSR count). The Bertz CT molecular complexity index is 888. The van der Waals surface area contributed by atoms with Crippen LogP contribution in [0.2, 0.25) is 0 Å². The Hall–Kier alpha value is -2.74. The molecule has 2 heterocycles. The average Bonchev–Trinajstić information content (AvgIpc) is 3.10. The van der Waals surface area contributed by atoms with E-state index in [4.69, 9.17) is 18.9 Å². The molecule has 1 unspecified atom stereocenters. The fraction of sp³-hybridized carbons (Fsp3) is 0.333. The topological polar surface area (TPSA) is 83.1 Å². The van der Waals surface area contributed by atoms with Crippen molar-refractivity contribution in [2.75, 3.05) is 26.6 Å². The molecule has 0 bridgehead atoms. The number of hydrogen-bond acceptors (Lipinski definition) is 8. The smallest absolute Gasteiger partial charge is 0.344 e. The van der Waals surface area contributed by atoms with Crippen molar-refractivity contribution in [3.63, 3.8) is 0 Å². The van der Waals surface area contributed by atoms with Gasteiger partial charge in [-0.05, 0) is 31.5 Å². The number of anilines is 1. The molecule has 0 aliphatic carbocycles. The van der Waals surface area contributed by atoms with Crippen LogP contribution in [-0.4, -0.2) is 33.3 Å². The fourth-order valence-electron chi connectivity index (χ4n) is 2.90. The van der Waals surface area contributed by atoms with E-state index in [0.29, 0.717) is 33.2 Å². The summed E-state index contributed by atoms with van der Waals surface area (Å²) in [5.74, 6) is -0.183. The first-order chi connectivity index (χ1) is 12.4. The van der Waals surface area contributed by atoms with Crippen LogP contribution in [0.1, 0.15) is 42.9 Å². The summed E-state index contributed by atoms with van der Waals surface area (Å²) in [6.07, 6.45) is -0.738. The first kappa shape index (κ1) is 18.1. The van der Waals surface area contributed by atoms with Gasteiger partial charge in [-0.25, -0.2) is 9.59 Å². The number of cyclic esters (lactones) is 1. The second-order valence-corrected chi connectivity index (χ2v) is 6.90. The van der Waals surface area contributed by atoms with Crippen molar-refractivity contribution < 1.29 is 28.5 Å². The SMILES string of the molecule is COC(=O)c1c(NC2OC(=O)c3c2ccc(OC)c3OC)sc(C)c1C. The number of rotatable bonds is 5. The van der Waals surface area contributed by atoms with Gasteiger partial charge < -0.3 is 24.3 Å². The van der Waals surface area contributed by atoms with Gasteiger partial charge in [-0.1, -0.05) is 0 Å². The van der Waals surface area contributed by atoms with E-state index in [1.165, 1.54) is 32.7 Å². The number of ether oxygens (including phenoxy) is 4. The number of carbonyl (C=O) groups is 2. The number of nitrogens with one attached hydrogen (secondary N) is 1. The zero-order valence-electron chi connectivity index (χ0n) is 15.1. The summed E-state index contributed by atoms with van der Waals surface area (Å²) >= 11 is 1.41. The van der Waals surface area contributed by atoms with Crippen LogP contribution in [0.25, 0.3) is 0 Å². The van der Waals surface area contributed by atoms with E-state index in [1.54, 1.807) is 12.1 Å². The van der Waals surface area contributed by atoms with Crippen LogP contribution in [-0.2, 0) is 9.47 Å². The zero-order chi connectivity index (χ0) is 19.0. The van der Waals surface area contributed by atoms with Crippen molar-refractivity contribution in [3.05, 3.63) is 39.3 Å². The Labute approximate surface area is 154 Å². The number of esters is 2. The van der Waals surface area contributed by atoms with Crippen LogP contribution in [0.5, 0.6) is 11.5 Å². The van der Waals surface area contributed by atoms with Crippen molar-refractivity contribution in [2.45, 2.75) is 20.1 Å². The summed E-state index contributed by atoms with van der Waals surface area (Å²) < 4.78 is 20.9. The molecule has 8 heteroatoms. The number of benzene rings is 1. The normalized spacial score (nSPS) is 15.3. The highest BCUT2D eigenvalue weighted by molar-refractivity contribution is 7.16. The highest BCUT2D eigenvalue weighted by Gasteiger charge is 2.37. The first-order valence-corrected chi connectivity index (χ1v) is 8.65. The van der Waals surface area contributed by atoms with Gasteiger partial charge >= 0.3 is 11.9 Å². The molecule has 138 valence electrons. The van der Waals surface area contributed by atoms with Gasteiger partial charge in [-0.15, -0.1) is 11.3 Å². The van der Waals surface area contributed by atoms with E-state index < -0.39 is 18.2 Å². The van der Waals surface area contributed by atoms with Crippen LogP contribution in [0.4, 0.5) is 5.00 Å². The van der Waals surface area contributed by atoms with Gasteiger partial charge in [0.15, 0.2) is 11.5 Å². The van der Waals surface area contributed by atoms with Crippen molar-refractivity contribution in [1.82, 2.24) is 0 Å². The summed E-state index contributed by atoms with van der Waals surface area (Å²) in [7, 11) is 4.30. The Morgan fingerprint density at radius 3 is 2.54 bits per heavy atom. The van der Waals surface area contributed by atoms with Gasteiger partial charge in [0.25, 0.3) is 0 Å². The standard InChI is InChI=1S/C18H19NO6S/c1-8-9(2)26-16(12(8)17(20)24-5)19-15-10-6-7-11(22-3)14(23-4)13(10)18(21)25-15/h6-7,15,19H,1-5H3. The van der Waals surface area contributed by atoms with E-state index in [-0.39, 0.29) is 0 Å². The maximum atomic E-state index is 12.4. The minimum Gasteiger partial charge on any atom is -0.493 e. The Kier molecular flexibility index (Phi) is 4.78. The highest BCUT2D eigenvalue weighted by Crippen LogP contribution is 2.43. The predicted molar refractivity (Wildman–Crippen MR) is 96.5 cm³/mol. The fourth-order valence-corrected chi connectivity index (χ4v) is 3.97. The van der Waals surface area contributed by atoms with Crippen molar-refractivity contribution in [3.8, 4) is 11.5 Å². The number of thiophene rings is 1. The number of carbonyl (C=O) groups excluding carboxylic acids is 2. The van der Waals surface area contributed by atoms with Crippen molar-refractivity contribution >= 4 is 28.3 Å². The molecule has 2 aromatic rings. The van der Waals surface area contributed by atoms with Crippen LogP contribution < -0.4 is 14.8 Å². The Morgan fingerprint density at radius 1 is 1.19 bits per heavy atom. The molecule has 1 aliphatic heterocycles. The van der Waals surface area contributed by atoms with E-state index in [0.717, 1.165) is 10.4 Å².